The topological polar surface area (TPSA) is 72.5 Å². The van der Waals surface area contributed by atoms with Crippen molar-refractivity contribution in [1.29, 1.82) is 0 Å². The highest BCUT2D eigenvalue weighted by molar-refractivity contribution is 7.87. The molecule has 2 rings (SSSR count). The van der Waals surface area contributed by atoms with Crippen LogP contribution in [-0.4, -0.2) is 14.3 Å². The highest BCUT2D eigenvalue weighted by atomic mass is 32.2. The minimum Gasteiger partial charge on any atom is -0.379 e. The quantitative estimate of drug-likeness (QED) is 0.860. The van der Waals surface area contributed by atoms with Crippen LogP contribution < -0.4 is 9.50 Å². The molecule has 0 saturated carbocycles. The van der Waals surface area contributed by atoms with Crippen molar-refractivity contribution in [1.82, 2.24) is 0 Å². The molecular formula is C16H17NO4S. The van der Waals surface area contributed by atoms with Crippen LogP contribution in [0, 0.1) is 0 Å². The van der Waals surface area contributed by atoms with E-state index in [-0.39, 0.29) is 16.6 Å². The number of aryl methyl sites for hydroxylation is 1. The number of carbonyl (C=O) groups is 1. The van der Waals surface area contributed by atoms with Crippen molar-refractivity contribution in [2.45, 2.75) is 25.2 Å². The van der Waals surface area contributed by atoms with Gasteiger partial charge in [0.2, 0.25) is 5.91 Å². The Hall–Kier alpha value is -2.34. The predicted octanol–water partition coefficient (Wildman–Crippen LogP) is 2.98. The average molecular weight is 319 g/mol. The van der Waals surface area contributed by atoms with E-state index in [4.69, 9.17) is 4.18 Å². The maximum Gasteiger partial charge on any atom is 0.339 e. The van der Waals surface area contributed by atoms with Crippen molar-refractivity contribution in [2.75, 3.05) is 5.32 Å². The third-order valence-electron chi connectivity index (χ3n) is 3.00. The van der Waals surface area contributed by atoms with E-state index >= 15 is 0 Å². The summed E-state index contributed by atoms with van der Waals surface area (Å²) in [5.74, 6) is -0.00836. The zero-order valence-electron chi connectivity index (χ0n) is 12.4. The number of hydrogen-bond donors (Lipinski definition) is 1. The number of carbonyl (C=O) groups excluding carboxylic acids is 1. The Morgan fingerprint density at radius 1 is 1.05 bits per heavy atom. The van der Waals surface area contributed by atoms with Gasteiger partial charge in [0.1, 0.15) is 10.6 Å². The van der Waals surface area contributed by atoms with Gasteiger partial charge in [-0.1, -0.05) is 19.1 Å². The fourth-order valence-electron chi connectivity index (χ4n) is 1.86. The maximum absolute atomic E-state index is 12.2. The van der Waals surface area contributed by atoms with Crippen molar-refractivity contribution in [3.05, 3.63) is 54.1 Å². The summed E-state index contributed by atoms with van der Waals surface area (Å²) >= 11 is 0. The first-order valence-electron chi connectivity index (χ1n) is 6.82. The summed E-state index contributed by atoms with van der Waals surface area (Å²) in [6.07, 6.45) is 0.839. The summed E-state index contributed by atoms with van der Waals surface area (Å²) < 4.78 is 29.4. The lowest BCUT2D eigenvalue weighted by molar-refractivity contribution is -0.114. The molecule has 0 saturated heterocycles. The summed E-state index contributed by atoms with van der Waals surface area (Å²) in [6.45, 7) is 3.39. The lowest BCUT2D eigenvalue weighted by atomic mass is 10.2. The van der Waals surface area contributed by atoms with E-state index in [2.05, 4.69) is 5.32 Å². The van der Waals surface area contributed by atoms with E-state index in [9.17, 15) is 13.2 Å². The van der Waals surface area contributed by atoms with Gasteiger partial charge in [0.15, 0.2) is 0 Å². The molecule has 0 bridgehead atoms. The Balaban J connectivity index is 2.15. The van der Waals surface area contributed by atoms with E-state index in [1.807, 2.05) is 6.92 Å². The van der Waals surface area contributed by atoms with E-state index in [1.54, 1.807) is 24.3 Å². The number of anilines is 1. The zero-order valence-corrected chi connectivity index (χ0v) is 13.2. The third-order valence-corrected chi connectivity index (χ3v) is 4.26. The minimum absolute atomic E-state index is 0.107. The number of amides is 1. The molecular weight excluding hydrogens is 302 g/mol. The van der Waals surface area contributed by atoms with Gasteiger partial charge in [-0.3, -0.25) is 4.79 Å². The van der Waals surface area contributed by atoms with E-state index in [0.717, 1.165) is 12.0 Å². The highest BCUT2D eigenvalue weighted by Gasteiger charge is 2.16. The average Bonchev–Trinajstić information content (AvgIpc) is 2.48. The molecule has 0 radical (unpaired) electrons. The molecule has 1 amide bonds. The van der Waals surface area contributed by atoms with Gasteiger partial charge in [-0.05, 0) is 48.4 Å². The van der Waals surface area contributed by atoms with Gasteiger partial charge < -0.3 is 9.50 Å². The standard InChI is InChI=1S/C16H17NO4S/c1-3-13-4-10-16(11-5-13)22(19,20)21-15-8-6-14(7-9-15)17-12(2)18/h4-11H,3H2,1-2H3,(H,17,18). The molecule has 0 fully saturated rings. The van der Waals surface area contributed by atoms with Gasteiger partial charge in [0.25, 0.3) is 0 Å². The molecule has 116 valence electrons. The number of rotatable bonds is 5. The summed E-state index contributed by atoms with van der Waals surface area (Å²) in [6, 6.07) is 12.7. The second-order valence-electron chi connectivity index (χ2n) is 4.74. The van der Waals surface area contributed by atoms with E-state index in [0.29, 0.717) is 5.69 Å². The van der Waals surface area contributed by atoms with Crippen LogP contribution in [0.1, 0.15) is 19.4 Å². The first-order chi connectivity index (χ1) is 10.4. The maximum atomic E-state index is 12.2. The Morgan fingerprint density at radius 2 is 1.64 bits per heavy atom. The number of nitrogens with one attached hydrogen (secondary N) is 1. The monoisotopic (exact) mass is 319 g/mol. The zero-order chi connectivity index (χ0) is 16.2. The lowest BCUT2D eigenvalue weighted by Crippen LogP contribution is -2.10. The molecule has 0 unspecified atom stereocenters. The van der Waals surface area contributed by atoms with Crippen LogP contribution in [-0.2, 0) is 21.3 Å². The first kappa shape index (κ1) is 16.0. The molecule has 0 spiro atoms. The second-order valence-corrected chi connectivity index (χ2v) is 6.29. The summed E-state index contributed by atoms with van der Waals surface area (Å²) in [5.41, 5.74) is 1.63. The molecule has 2 aromatic rings. The molecule has 0 aromatic heterocycles. The van der Waals surface area contributed by atoms with Gasteiger partial charge >= 0.3 is 10.1 Å². The van der Waals surface area contributed by atoms with Crippen LogP contribution in [0.5, 0.6) is 5.75 Å². The highest BCUT2D eigenvalue weighted by Crippen LogP contribution is 2.21. The molecule has 0 aliphatic rings. The summed E-state index contributed by atoms with van der Waals surface area (Å²) in [5, 5.41) is 2.60. The lowest BCUT2D eigenvalue weighted by Gasteiger charge is -2.08. The van der Waals surface area contributed by atoms with Crippen LogP contribution in [0.25, 0.3) is 0 Å². The summed E-state index contributed by atoms with van der Waals surface area (Å²) in [4.78, 5) is 11.0. The minimum atomic E-state index is -3.86. The van der Waals surface area contributed by atoms with Gasteiger partial charge in [-0.15, -0.1) is 0 Å². The Kier molecular flexibility index (Phi) is 4.82. The van der Waals surface area contributed by atoms with Crippen LogP contribution in [0.2, 0.25) is 0 Å². The molecule has 1 N–H and O–H groups in total. The first-order valence-corrected chi connectivity index (χ1v) is 8.22. The van der Waals surface area contributed by atoms with Gasteiger partial charge in [-0.2, -0.15) is 8.42 Å². The number of hydrogen-bond acceptors (Lipinski definition) is 4. The predicted molar refractivity (Wildman–Crippen MR) is 84.4 cm³/mol. The van der Waals surface area contributed by atoms with E-state index in [1.165, 1.54) is 31.2 Å². The fourth-order valence-corrected chi connectivity index (χ4v) is 2.79. The molecule has 0 aliphatic heterocycles. The van der Waals surface area contributed by atoms with Crippen molar-refractivity contribution in [3.8, 4) is 5.75 Å². The normalized spacial score (nSPS) is 11.0. The van der Waals surface area contributed by atoms with Crippen LogP contribution in [0.15, 0.2) is 53.4 Å². The number of benzene rings is 2. The van der Waals surface area contributed by atoms with Crippen LogP contribution in [0.3, 0.4) is 0 Å². The molecule has 22 heavy (non-hydrogen) atoms. The fraction of sp³-hybridized carbons (Fsp3) is 0.188. The van der Waals surface area contributed by atoms with Gasteiger partial charge in [0.05, 0.1) is 0 Å². The molecule has 2 aromatic carbocycles. The summed E-state index contributed by atoms with van der Waals surface area (Å²) in [7, 11) is -3.86. The second kappa shape index (κ2) is 6.62. The largest absolute Gasteiger partial charge is 0.379 e. The SMILES string of the molecule is CCc1ccc(S(=O)(=O)Oc2ccc(NC(C)=O)cc2)cc1. The smallest absolute Gasteiger partial charge is 0.339 e. The molecule has 5 nitrogen and oxygen atoms in total. The molecule has 6 heteroatoms. The van der Waals surface area contributed by atoms with Crippen LogP contribution in [0.4, 0.5) is 5.69 Å². The Bertz CT molecular complexity index is 750. The van der Waals surface area contributed by atoms with Gasteiger partial charge in [0, 0.05) is 12.6 Å². The Labute approximate surface area is 130 Å². The molecule has 0 aliphatic carbocycles. The van der Waals surface area contributed by atoms with Gasteiger partial charge in [-0.25, -0.2) is 0 Å². The molecule has 0 atom stereocenters. The molecule has 0 heterocycles. The van der Waals surface area contributed by atoms with Crippen molar-refractivity contribution in [3.63, 3.8) is 0 Å². The van der Waals surface area contributed by atoms with Crippen LogP contribution >= 0.6 is 0 Å². The third kappa shape index (κ3) is 4.08. The van der Waals surface area contributed by atoms with Crippen molar-refractivity contribution in [2.24, 2.45) is 0 Å². The Morgan fingerprint density at radius 3 is 2.14 bits per heavy atom. The van der Waals surface area contributed by atoms with Crippen molar-refractivity contribution >= 4 is 21.7 Å². The van der Waals surface area contributed by atoms with Crippen molar-refractivity contribution < 1.29 is 17.4 Å². The van der Waals surface area contributed by atoms with E-state index < -0.39 is 10.1 Å².